The number of aliphatic hydroxyl groups is 1. The Hall–Kier alpha value is -1.61. The predicted molar refractivity (Wildman–Crippen MR) is 74.0 cm³/mol. The van der Waals surface area contributed by atoms with E-state index in [1.165, 1.54) is 5.56 Å². The molecule has 18 heavy (non-hydrogen) atoms. The van der Waals surface area contributed by atoms with Crippen molar-refractivity contribution < 1.29 is 5.11 Å². The summed E-state index contributed by atoms with van der Waals surface area (Å²) in [6.45, 7) is 4.91. The number of aromatic nitrogens is 1. The van der Waals surface area contributed by atoms with Gasteiger partial charge in [0.2, 0.25) is 0 Å². The highest BCUT2D eigenvalue weighted by molar-refractivity contribution is 5.82. The second kappa shape index (κ2) is 5.36. The number of hydrogen-bond acceptors (Lipinski definition) is 2. The first-order chi connectivity index (χ1) is 8.63. The Morgan fingerprint density at radius 2 is 2.06 bits per heavy atom. The van der Waals surface area contributed by atoms with Crippen LogP contribution in [0.25, 0.3) is 10.8 Å². The van der Waals surface area contributed by atoms with Crippen LogP contribution in [0.2, 0.25) is 0 Å². The highest BCUT2D eigenvalue weighted by Gasteiger charge is 2.05. The summed E-state index contributed by atoms with van der Waals surface area (Å²) in [6, 6.07) is 8.02. The summed E-state index contributed by atoms with van der Waals surface area (Å²) in [7, 11) is 0. The average Bonchev–Trinajstić information content (AvgIpc) is 2.37. The summed E-state index contributed by atoms with van der Waals surface area (Å²) in [5.41, 5.74) is 1.21. The zero-order valence-corrected chi connectivity index (χ0v) is 10.9. The lowest BCUT2D eigenvalue weighted by atomic mass is 10.0. The molecule has 0 fully saturated rings. The number of benzene rings is 1. The molecule has 1 aromatic heterocycles. The molecule has 2 aromatic rings. The van der Waals surface area contributed by atoms with Gasteiger partial charge in [-0.1, -0.05) is 26.0 Å². The van der Waals surface area contributed by atoms with E-state index in [1.54, 1.807) is 10.8 Å². The van der Waals surface area contributed by atoms with Crippen LogP contribution in [-0.2, 0) is 6.54 Å². The van der Waals surface area contributed by atoms with E-state index in [2.05, 4.69) is 19.9 Å². The van der Waals surface area contributed by atoms with Gasteiger partial charge >= 0.3 is 0 Å². The largest absolute Gasteiger partial charge is 0.396 e. The number of aryl methyl sites for hydroxylation is 1. The number of fused-ring (bicyclic) bond motifs is 1. The maximum atomic E-state index is 12.3. The Labute approximate surface area is 107 Å². The van der Waals surface area contributed by atoms with Gasteiger partial charge in [0.15, 0.2) is 0 Å². The van der Waals surface area contributed by atoms with Crippen molar-refractivity contribution in [2.24, 2.45) is 0 Å². The molecule has 0 aliphatic carbocycles. The van der Waals surface area contributed by atoms with Gasteiger partial charge in [-0.2, -0.15) is 0 Å². The molecule has 0 atom stereocenters. The summed E-state index contributed by atoms with van der Waals surface area (Å²) in [6.07, 6.45) is 2.41. The number of aliphatic hydroxyl groups excluding tert-OH is 1. The Kier molecular flexibility index (Phi) is 3.82. The zero-order valence-electron chi connectivity index (χ0n) is 10.9. The van der Waals surface area contributed by atoms with Crippen molar-refractivity contribution in [2.75, 3.05) is 6.61 Å². The maximum absolute atomic E-state index is 12.3. The molecular formula is C15H19NO2. The highest BCUT2D eigenvalue weighted by atomic mass is 16.3. The van der Waals surface area contributed by atoms with Gasteiger partial charge in [-0.3, -0.25) is 4.79 Å². The van der Waals surface area contributed by atoms with Crippen LogP contribution in [0, 0.1) is 0 Å². The molecule has 0 amide bonds. The van der Waals surface area contributed by atoms with Gasteiger partial charge in [0.25, 0.3) is 5.56 Å². The minimum Gasteiger partial charge on any atom is -0.396 e. The summed E-state index contributed by atoms with van der Waals surface area (Å²) in [5.74, 6) is 0.417. The monoisotopic (exact) mass is 245 g/mol. The molecule has 0 aliphatic heterocycles. The Bertz CT molecular complexity index is 599. The lowest BCUT2D eigenvalue weighted by Crippen LogP contribution is -2.20. The first kappa shape index (κ1) is 12.8. The van der Waals surface area contributed by atoms with E-state index >= 15 is 0 Å². The van der Waals surface area contributed by atoms with Gasteiger partial charge in [0.05, 0.1) is 0 Å². The Morgan fingerprint density at radius 3 is 2.72 bits per heavy atom. The molecule has 0 radical (unpaired) electrons. The van der Waals surface area contributed by atoms with E-state index in [1.807, 2.05) is 18.2 Å². The van der Waals surface area contributed by atoms with E-state index in [0.29, 0.717) is 18.9 Å². The first-order valence-corrected chi connectivity index (χ1v) is 6.37. The second-order valence-corrected chi connectivity index (χ2v) is 4.89. The number of rotatable bonds is 4. The topological polar surface area (TPSA) is 42.2 Å². The molecule has 1 N–H and O–H groups in total. The number of pyridine rings is 1. The Balaban J connectivity index is 2.53. The van der Waals surface area contributed by atoms with Gasteiger partial charge in [0, 0.05) is 24.7 Å². The third-order valence-electron chi connectivity index (χ3n) is 3.23. The van der Waals surface area contributed by atoms with Crippen molar-refractivity contribution in [3.05, 3.63) is 46.4 Å². The normalized spacial score (nSPS) is 11.3. The van der Waals surface area contributed by atoms with Crippen molar-refractivity contribution in [1.82, 2.24) is 4.57 Å². The zero-order chi connectivity index (χ0) is 13.1. The maximum Gasteiger partial charge on any atom is 0.258 e. The molecule has 0 saturated carbocycles. The number of hydrogen-bond donors (Lipinski definition) is 1. The minimum absolute atomic E-state index is 0.0310. The Morgan fingerprint density at radius 1 is 1.28 bits per heavy atom. The molecule has 1 aromatic carbocycles. The van der Waals surface area contributed by atoms with Gasteiger partial charge in [-0.15, -0.1) is 0 Å². The van der Waals surface area contributed by atoms with Crippen molar-refractivity contribution in [3.63, 3.8) is 0 Å². The SMILES string of the molecule is CC(C)c1ccc2ccn(CCCO)c(=O)c2c1. The summed E-state index contributed by atoms with van der Waals surface area (Å²) < 4.78 is 1.67. The van der Waals surface area contributed by atoms with Crippen LogP contribution in [0.1, 0.15) is 31.7 Å². The lowest BCUT2D eigenvalue weighted by Gasteiger charge is -2.09. The molecule has 0 unspecified atom stereocenters. The van der Waals surface area contributed by atoms with Crippen LogP contribution in [0.15, 0.2) is 35.3 Å². The van der Waals surface area contributed by atoms with Crippen LogP contribution in [0.4, 0.5) is 0 Å². The molecule has 0 aliphatic rings. The van der Waals surface area contributed by atoms with Crippen LogP contribution in [-0.4, -0.2) is 16.3 Å². The quantitative estimate of drug-likeness (QED) is 0.899. The highest BCUT2D eigenvalue weighted by Crippen LogP contribution is 2.18. The van der Waals surface area contributed by atoms with E-state index in [-0.39, 0.29) is 12.2 Å². The van der Waals surface area contributed by atoms with Gasteiger partial charge in [-0.25, -0.2) is 0 Å². The van der Waals surface area contributed by atoms with Crippen LogP contribution >= 0.6 is 0 Å². The fourth-order valence-corrected chi connectivity index (χ4v) is 2.07. The smallest absolute Gasteiger partial charge is 0.258 e. The number of nitrogens with zero attached hydrogens (tertiary/aromatic N) is 1. The predicted octanol–water partition coefficient (Wildman–Crippen LogP) is 2.51. The third-order valence-corrected chi connectivity index (χ3v) is 3.23. The molecular weight excluding hydrogens is 226 g/mol. The summed E-state index contributed by atoms with van der Waals surface area (Å²) >= 11 is 0. The summed E-state index contributed by atoms with van der Waals surface area (Å²) in [4.78, 5) is 12.3. The second-order valence-electron chi connectivity index (χ2n) is 4.89. The van der Waals surface area contributed by atoms with Crippen molar-refractivity contribution in [1.29, 1.82) is 0 Å². The van der Waals surface area contributed by atoms with Gasteiger partial charge in [0.1, 0.15) is 0 Å². The fourth-order valence-electron chi connectivity index (χ4n) is 2.07. The molecule has 2 rings (SSSR count). The molecule has 1 heterocycles. The molecule has 0 bridgehead atoms. The molecule has 96 valence electrons. The molecule has 3 nitrogen and oxygen atoms in total. The molecule has 0 saturated heterocycles. The van der Waals surface area contributed by atoms with E-state index in [9.17, 15) is 4.79 Å². The van der Waals surface area contributed by atoms with Crippen LogP contribution < -0.4 is 5.56 Å². The third kappa shape index (κ3) is 2.46. The minimum atomic E-state index is 0.0310. The standard InChI is InChI=1S/C15H19NO2/c1-11(2)13-5-4-12-6-8-16(7-3-9-17)15(18)14(12)10-13/h4-6,8,10-11,17H,3,7,9H2,1-2H3. The first-order valence-electron chi connectivity index (χ1n) is 6.37. The average molecular weight is 245 g/mol. The van der Waals surface area contributed by atoms with Crippen LogP contribution in [0.3, 0.4) is 0 Å². The van der Waals surface area contributed by atoms with E-state index < -0.39 is 0 Å². The van der Waals surface area contributed by atoms with Gasteiger partial charge in [-0.05, 0) is 35.4 Å². The molecule has 3 heteroatoms. The van der Waals surface area contributed by atoms with Gasteiger partial charge < -0.3 is 9.67 Å². The van der Waals surface area contributed by atoms with Crippen molar-refractivity contribution in [2.45, 2.75) is 32.7 Å². The van der Waals surface area contributed by atoms with Crippen molar-refractivity contribution in [3.8, 4) is 0 Å². The van der Waals surface area contributed by atoms with E-state index in [0.717, 1.165) is 10.8 Å². The van der Waals surface area contributed by atoms with Crippen molar-refractivity contribution >= 4 is 10.8 Å². The lowest BCUT2D eigenvalue weighted by molar-refractivity contribution is 0.279. The molecule has 0 spiro atoms. The fraction of sp³-hybridized carbons (Fsp3) is 0.400. The van der Waals surface area contributed by atoms with E-state index in [4.69, 9.17) is 5.11 Å². The van der Waals surface area contributed by atoms with Crippen LogP contribution in [0.5, 0.6) is 0 Å². The summed E-state index contributed by atoms with van der Waals surface area (Å²) in [5, 5.41) is 10.6.